The fraction of sp³-hybridized carbons (Fsp3) is 0.308. The fourth-order valence-electron chi connectivity index (χ4n) is 3.63. The molecule has 0 bridgehead atoms. The van der Waals surface area contributed by atoms with Crippen LogP contribution < -0.4 is 25.7 Å². The van der Waals surface area contributed by atoms with Gasteiger partial charge in [0, 0.05) is 31.3 Å². The highest BCUT2D eigenvalue weighted by Gasteiger charge is 2.17. The average Bonchev–Trinajstić information content (AvgIpc) is 2.93. The second-order valence-electron chi connectivity index (χ2n) is 8.92. The Kier molecular flexibility index (Phi) is 11.1. The normalized spacial score (nSPS) is 11.0. The van der Waals surface area contributed by atoms with Crippen molar-refractivity contribution in [1.82, 2.24) is 20.8 Å². The Hall–Kier alpha value is -3.94. The lowest BCUT2D eigenvalue weighted by Gasteiger charge is -2.21. The van der Waals surface area contributed by atoms with Crippen LogP contribution in [0.1, 0.15) is 42.5 Å². The largest absolute Gasteiger partial charge is 0.352 e. The molecule has 0 saturated heterocycles. The van der Waals surface area contributed by atoms with Crippen LogP contribution in [-0.2, 0) is 14.8 Å². The van der Waals surface area contributed by atoms with E-state index < -0.39 is 15.9 Å². The Morgan fingerprint density at radius 3 is 2.40 bits per heavy atom. The molecular weight excluding hydrogens is 558 g/mol. The fourth-order valence-corrected chi connectivity index (χ4v) is 4.29. The molecule has 1 heterocycles. The number of hydroxylamine groups is 1. The summed E-state index contributed by atoms with van der Waals surface area (Å²) in [4.78, 5) is 32.0. The molecule has 2 aromatic carbocycles. The highest BCUT2D eigenvalue weighted by Crippen LogP contribution is 2.31. The lowest BCUT2D eigenvalue weighted by Crippen LogP contribution is -2.25. The van der Waals surface area contributed by atoms with Crippen molar-refractivity contribution in [2.24, 2.45) is 0 Å². The predicted octanol–water partition coefficient (Wildman–Crippen LogP) is 4.20. The molecule has 0 radical (unpaired) electrons. The number of carbonyl (C=O) groups is 2. The smallest absolute Gasteiger partial charge is 0.251 e. The number of para-hydroxylation sites is 2. The van der Waals surface area contributed by atoms with Crippen LogP contribution in [0.25, 0.3) is 0 Å². The molecule has 0 fully saturated rings. The van der Waals surface area contributed by atoms with E-state index in [1.807, 2.05) is 0 Å². The van der Waals surface area contributed by atoms with Crippen molar-refractivity contribution in [2.75, 3.05) is 34.8 Å². The summed E-state index contributed by atoms with van der Waals surface area (Å²) in [6.45, 7) is 0.516. The molecular formula is C26H32ClN7O5S. The van der Waals surface area contributed by atoms with Crippen molar-refractivity contribution in [3.8, 4) is 0 Å². The summed E-state index contributed by atoms with van der Waals surface area (Å²) >= 11 is 6.31. The van der Waals surface area contributed by atoms with Gasteiger partial charge in [-0.1, -0.05) is 36.6 Å². The first-order valence-corrected chi connectivity index (χ1v) is 14.7. The standard InChI is InChI=1S/C26H32ClN7O5S/c1-34(40(2,38)39)22-10-7-6-9-21(22)31-24-20(27)17-29-26(32-24)30-19-14-12-18(13-15-19)25(36)28-16-8-4-3-5-11-23(35)33-37/h6-7,9-10,12-15,17,37H,3-5,8,11,16H2,1-2H3,(H,28,36)(H,33,35)(H2,29,30,31,32). The zero-order chi connectivity index (χ0) is 29.1. The SMILES string of the molecule is CN(c1ccccc1Nc1nc(Nc2ccc(C(=O)NCCCCCCC(=O)NO)cc2)ncc1Cl)S(C)(=O)=O. The van der Waals surface area contributed by atoms with Crippen molar-refractivity contribution < 1.29 is 23.2 Å². The maximum absolute atomic E-state index is 12.4. The number of unbranched alkanes of at least 4 members (excludes halogenated alkanes) is 3. The molecule has 3 rings (SSSR count). The summed E-state index contributed by atoms with van der Waals surface area (Å²) in [7, 11) is -2.03. The monoisotopic (exact) mass is 589 g/mol. The maximum Gasteiger partial charge on any atom is 0.251 e. The number of nitrogens with one attached hydrogen (secondary N) is 4. The first-order valence-electron chi connectivity index (χ1n) is 12.5. The highest BCUT2D eigenvalue weighted by atomic mass is 35.5. The van der Waals surface area contributed by atoms with Gasteiger partial charge in [0.15, 0.2) is 5.82 Å². The number of sulfonamides is 1. The van der Waals surface area contributed by atoms with Crippen LogP contribution in [-0.4, -0.2) is 55.3 Å². The van der Waals surface area contributed by atoms with E-state index in [0.717, 1.165) is 29.8 Å². The van der Waals surface area contributed by atoms with E-state index in [2.05, 4.69) is 25.9 Å². The summed E-state index contributed by atoms with van der Waals surface area (Å²) in [6.07, 6.45) is 5.97. The van der Waals surface area contributed by atoms with Crippen molar-refractivity contribution in [1.29, 1.82) is 0 Å². The molecule has 1 aromatic heterocycles. The van der Waals surface area contributed by atoms with Gasteiger partial charge in [0.2, 0.25) is 21.9 Å². The van der Waals surface area contributed by atoms with E-state index >= 15 is 0 Å². The second kappa shape index (κ2) is 14.4. The number of aromatic nitrogens is 2. The zero-order valence-electron chi connectivity index (χ0n) is 22.1. The lowest BCUT2D eigenvalue weighted by molar-refractivity contribution is -0.129. The third kappa shape index (κ3) is 9.07. The first-order chi connectivity index (χ1) is 19.1. The number of nitrogens with zero attached hydrogens (tertiary/aromatic N) is 3. The third-order valence-corrected chi connectivity index (χ3v) is 7.35. The predicted molar refractivity (Wildman–Crippen MR) is 155 cm³/mol. The van der Waals surface area contributed by atoms with E-state index in [-0.39, 0.29) is 29.1 Å². The highest BCUT2D eigenvalue weighted by molar-refractivity contribution is 7.92. The van der Waals surface area contributed by atoms with Gasteiger partial charge >= 0.3 is 0 Å². The van der Waals surface area contributed by atoms with Crippen LogP contribution in [0.3, 0.4) is 0 Å². The summed E-state index contributed by atoms with van der Waals surface area (Å²) in [6, 6.07) is 13.7. The number of hydrogen-bond donors (Lipinski definition) is 5. The van der Waals surface area contributed by atoms with Crippen LogP contribution in [0.15, 0.2) is 54.7 Å². The lowest BCUT2D eigenvalue weighted by atomic mass is 10.1. The van der Waals surface area contributed by atoms with Crippen molar-refractivity contribution in [3.05, 3.63) is 65.3 Å². The quantitative estimate of drug-likeness (QED) is 0.105. The number of halogens is 1. The van der Waals surface area contributed by atoms with Gasteiger partial charge in [-0.25, -0.2) is 18.9 Å². The van der Waals surface area contributed by atoms with Crippen molar-refractivity contribution in [3.63, 3.8) is 0 Å². The molecule has 0 aliphatic rings. The zero-order valence-corrected chi connectivity index (χ0v) is 23.7. The van der Waals surface area contributed by atoms with Crippen molar-refractivity contribution >= 4 is 62.3 Å². The molecule has 3 aromatic rings. The van der Waals surface area contributed by atoms with Gasteiger partial charge in [0.05, 0.1) is 23.8 Å². The van der Waals surface area contributed by atoms with Gasteiger partial charge in [-0.2, -0.15) is 4.98 Å². The second-order valence-corrected chi connectivity index (χ2v) is 11.3. The number of anilines is 5. The molecule has 40 heavy (non-hydrogen) atoms. The van der Waals surface area contributed by atoms with Gasteiger partial charge in [-0.05, 0) is 49.2 Å². The molecule has 14 heteroatoms. The van der Waals surface area contributed by atoms with Crippen LogP contribution in [0, 0.1) is 0 Å². The van der Waals surface area contributed by atoms with E-state index in [1.165, 1.54) is 13.2 Å². The van der Waals surface area contributed by atoms with Crippen LogP contribution in [0.2, 0.25) is 5.02 Å². The molecule has 0 spiro atoms. The van der Waals surface area contributed by atoms with Crippen LogP contribution in [0.4, 0.5) is 28.8 Å². The minimum absolute atomic E-state index is 0.196. The summed E-state index contributed by atoms with van der Waals surface area (Å²) in [5.41, 5.74) is 3.67. The van der Waals surface area contributed by atoms with Gasteiger partial charge < -0.3 is 16.0 Å². The van der Waals surface area contributed by atoms with E-state index in [0.29, 0.717) is 35.6 Å². The van der Waals surface area contributed by atoms with Crippen LogP contribution in [0.5, 0.6) is 0 Å². The summed E-state index contributed by atoms with van der Waals surface area (Å²) in [5, 5.41) is 17.7. The molecule has 0 aliphatic carbocycles. The Balaban J connectivity index is 1.57. The topological polar surface area (TPSA) is 166 Å². The molecule has 12 nitrogen and oxygen atoms in total. The van der Waals surface area contributed by atoms with E-state index in [9.17, 15) is 18.0 Å². The number of amides is 2. The molecule has 5 N–H and O–H groups in total. The number of hydrogen-bond acceptors (Lipinski definition) is 9. The number of benzene rings is 2. The maximum atomic E-state index is 12.4. The minimum Gasteiger partial charge on any atom is -0.352 e. The molecule has 2 amide bonds. The van der Waals surface area contributed by atoms with Gasteiger partial charge in [0.25, 0.3) is 5.91 Å². The van der Waals surface area contributed by atoms with E-state index in [4.69, 9.17) is 16.8 Å². The molecule has 0 aliphatic heterocycles. The number of carbonyl (C=O) groups excluding carboxylic acids is 2. The van der Waals surface area contributed by atoms with Crippen molar-refractivity contribution in [2.45, 2.75) is 32.1 Å². The van der Waals surface area contributed by atoms with Gasteiger partial charge in [0.1, 0.15) is 5.02 Å². The van der Waals surface area contributed by atoms with Gasteiger partial charge in [-0.3, -0.25) is 19.1 Å². The minimum atomic E-state index is -3.49. The molecule has 214 valence electrons. The number of rotatable bonds is 14. The van der Waals surface area contributed by atoms with E-state index in [1.54, 1.807) is 54.0 Å². The molecule has 0 atom stereocenters. The summed E-state index contributed by atoms with van der Waals surface area (Å²) in [5.74, 6) is -0.0689. The Bertz CT molecular complexity index is 1420. The molecule has 0 saturated carbocycles. The Labute approximate surface area is 238 Å². The Morgan fingerprint density at radius 1 is 1.00 bits per heavy atom. The third-order valence-electron chi connectivity index (χ3n) is 5.88. The first kappa shape index (κ1) is 30.6. The molecule has 0 unspecified atom stereocenters. The van der Waals surface area contributed by atoms with Crippen LogP contribution >= 0.6 is 11.6 Å². The summed E-state index contributed by atoms with van der Waals surface area (Å²) < 4.78 is 25.3. The van der Waals surface area contributed by atoms with Gasteiger partial charge in [-0.15, -0.1) is 0 Å². The average molecular weight is 590 g/mol. The Morgan fingerprint density at radius 2 is 1.70 bits per heavy atom.